The summed E-state index contributed by atoms with van der Waals surface area (Å²) in [6.45, 7) is 4.70. The van der Waals surface area contributed by atoms with Crippen molar-refractivity contribution in [2.75, 3.05) is 4.90 Å². The number of benzene rings is 2. The summed E-state index contributed by atoms with van der Waals surface area (Å²) in [5.74, 6) is 0.0785. The quantitative estimate of drug-likeness (QED) is 0.433. The molecule has 0 aliphatic rings. The molecule has 0 aliphatic carbocycles. The molecule has 0 aliphatic heterocycles. The highest BCUT2D eigenvalue weighted by atomic mass is 32.1. The van der Waals surface area contributed by atoms with Gasteiger partial charge in [0.1, 0.15) is 0 Å². The first-order valence-electron chi connectivity index (χ1n) is 8.84. The molecule has 5 heteroatoms. The van der Waals surface area contributed by atoms with Crippen LogP contribution in [0.1, 0.15) is 21.6 Å². The summed E-state index contributed by atoms with van der Waals surface area (Å²) >= 11 is 3.21. The average molecular weight is 393 g/mol. The van der Waals surface area contributed by atoms with Crippen LogP contribution in [-0.4, -0.2) is 10.9 Å². The molecule has 0 radical (unpaired) electrons. The summed E-state index contributed by atoms with van der Waals surface area (Å²) in [7, 11) is 0. The number of hydrogen-bond acceptors (Lipinski definition) is 4. The molecule has 0 bridgehead atoms. The number of rotatable bonds is 5. The van der Waals surface area contributed by atoms with E-state index in [2.05, 4.69) is 26.0 Å². The second kappa shape index (κ2) is 7.62. The Morgan fingerprint density at radius 1 is 1.07 bits per heavy atom. The van der Waals surface area contributed by atoms with Crippen molar-refractivity contribution in [2.24, 2.45) is 0 Å². The molecular formula is C22H20N2OS2. The molecule has 3 nitrogen and oxygen atoms in total. The molecule has 0 saturated heterocycles. The van der Waals surface area contributed by atoms with Crippen LogP contribution in [0.25, 0.3) is 10.2 Å². The van der Waals surface area contributed by atoms with E-state index in [0.29, 0.717) is 13.0 Å². The zero-order valence-corrected chi connectivity index (χ0v) is 16.9. The number of hydrogen-bond donors (Lipinski definition) is 0. The Labute approximate surface area is 166 Å². The van der Waals surface area contributed by atoms with Gasteiger partial charge in [-0.05, 0) is 48.1 Å². The molecule has 1 amide bonds. The van der Waals surface area contributed by atoms with Gasteiger partial charge < -0.3 is 0 Å². The summed E-state index contributed by atoms with van der Waals surface area (Å²) in [4.78, 5) is 20.9. The Hall–Kier alpha value is -2.50. The Bertz CT molecular complexity index is 1070. The van der Waals surface area contributed by atoms with Gasteiger partial charge in [-0.15, -0.1) is 11.3 Å². The summed E-state index contributed by atoms with van der Waals surface area (Å²) in [5, 5.41) is 2.78. The molecule has 2 aromatic heterocycles. The van der Waals surface area contributed by atoms with Crippen LogP contribution in [0.2, 0.25) is 0 Å². The number of nitrogens with zero attached hydrogens (tertiary/aromatic N) is 2. The molecule has 0 atom stereocenters. The topological polar surface area (TPSA) is 33.2 Å². The van der Waals surface area contributed by atoms with Gasteiger partial charge >= 0.3 is 0 Å². The zero-order chi connectivity index (χ0) is 18.8. The van der Waals surface area contributed by atoms with E-state index in [0.717, 1.165) is 31.4 Å². The number of aryl methyl sites for hydroxylation is 2. The molecule has 2 aromatic carbocycles. The maximum absolute atomic E-state index is 13.1. The van der Waals surface area contributed by atoms with Gasteiger partial charge in [0.2, 0.25) is 5.91 Å². The fourth-order valence-electron chi connectivity index (χ4n) is 3.16. The molecule has 0 spiro atoms. The van der Waals surface area contributed by atoms with Gasteiger partial charge in [-0.3, -0.25) is 9.69 Å². The predicted octanol–water partition coefficient (Wildman–Crippen LogP) is 5.75. The van der Waals surface area contributed by atoms with Crippen LogP contribution in [-0.2, 0) is 17.8 Å². The zero-order valence-electron chi connectivity index (χ0n) is 15.3. The van der Waals surface area contributed by atoms with Crippen molar-refractivity contribution in [3.8, 4) is 0 Å². The van der Waals surface area contributed by atoms with Gasteiger partial charge in [0, 0.05) is 4.88 Å². The summed E-state index contributed by atoms with van der Waals surface area (Å²) in [6.07, 6.45) is 0.401. The lowest BCUT2D eigenvalue weighted by atomic mass is 10.1. The smallest absolute Gasteiger partial charge is 0.234 e. The Morgan fingerprint density at radius 2 is 1.89 bits per heavy atom. The number of anilines is 1. The molecule has 4 aromatic rings. The maximum atomic E-state index is 13.1. The molecule has 27 heavy (non-hydrogen) atoms. The number of fused-ring (bicyclic) bond motifs is 1. The second-order valence-electron chi connectivity index (χ2n) is 6.65. The molecule has 0 N–H and O–H groups in total. The highest BCUT2D eigenvalue weighted by Gasteiger charge is 2.21. The SMILES string of the molecule is Cc1cc(C)c2nc(N(Cc3ccccc3)C(=O)Cc3cccs3)sc2c1. The van der Waals surface area contributed by atoms with Gasteiger partial charge in [0.15, 0.2) is 5.13 Å². The van der Waals surface area contributed by atoms with E-state index in [4.69, 9.17) is 4.98 Å². The Kier molecular flexibility index (Phi) is 5.05. The minimum atomic E-state index is 0.0785. The third-order valence-electron chi connectivity index (χ3n) is 4.44. The largest absolute Gasteiger partial charge is 0.283 e. The monoisotopic (exact) mass is 392 g/mol. The van der Waals surface area contributed by atoms with Gasteiger partial charge in [0.25, 0.3) is 0 Å². The first-order valence-corrected chi connectivity index (χ1v) is 10.5. The van der Waals surface area contributed by atoms with E-state index in [1.165, 1.54) is 5.56 Å². The molecule has 136 valence electrons. The number of carbonyl (C=O) groups is 1. The van der Waals surface area contributed by atoms with Crippen LogP contribution >= 0.6 is 22.7 Å². The van der Waals surface area contributed by atoms with E-state index in [-0.39, 0.29) is 5.91 Å². The Morgan fingerprint density at radius 3 is 2.63 bits per heavy atom. The highest BCUT2D eigenvalue weighted by Crippen LogP contribution is 2.33. The fourth-order valence-corrected chi connectivity index (χ4v) is 5.01. The summed E-state index contributed by atoms with van der Waals surface area (Å²) in [6, 6.07) is 18.4. The molecular weight excluding hydrogens is 372 g/mol. The van der Waals surface area contributed by atoms with E-state index < -0.39 is 0 Å². The fraction of sp³-hybridized carbons (Fsp3) is 0.182. The number of thiazole rings is 1. The van der Waals surface area contributed by atoms with E-state index in [1.807, 2.05) is 52.7 Å². The van der Waals surface area contributed by atoms with Crippen LogP contribution in [0.4, 0.5) is 5.13 Å². The molecule has 0 saturated carbocycles. The van der Waals surface area contributed by atoms with Crippen LogP contribution in [0.5, 0.6) is 0 Å². The summed E-state index contributed by atoms with van der Waals surface area (Å²) in [5.41, 5.74) is 4.46. The van der Waals surface area contributed by atoms with Crippen molar-refractivity contribution in [1.29, 1.82) is 0 Å². The minimum Gasteiger partial charge on any atom is -0.283 e. The first kappa shape index (κ1) is 17.9. The van der Waals surface area contributed by atoms with Crippen LogP contribution in [0, 0.1) is 13.8 Å². The van der Waals surface area contributed by atoms with Crippen LogP contribution in [0.3, 0.4) is 0 Å². The van der Waals surface area contributed by atoms with Crippen molar-refractivity contribution in [2.45, 2.75) is 26.8 Å². The normalized spacial score (nSPS) is 11.0. The molecule has 2 heterocycles. The second-order valence-corrected chi connectivity index (χ2v) is 8.69. The third kappa shape index (κ3) is 3.94. The number of aromatic nitrogens is 1. The van der Waals surface area contributed by atoms with Gasteiger partial charge in [-0.2, -0.15) is 0 Å². The summed E-state index contributed by atoms with van der Waals surface area (Å²) < 4.78 is 1.13. The average Bonchev–Trinajstić information content (AvgIpc) is 3.30. The van der Waals surface area contributed by atoms with Gasteiger partial charge in [-0.25, -0.2) is 4.98 Å². The van der Waals surface area contributed by atoms with Crippen LogP contribution < -0.4 is 4.90 Å². The van der Waals surface area contributed by atoms with Crippen molar-refractivity contribution < 1.29 is 4.79 Å². The third-order valence-corrected chi connectivity index (χ3v) is 6.34. The van der Waals surface area contributed by atoms with Crippen LogP contribution in [0.15, 0.2) is 60.0 Å². The van der Waals surface area contributed by atoms with E-state index >= 15 is 0 Å². The van der Waals surface area contributed by atoms with Crippen molar-refractivity contribution >= 4 is 43.9 Å². The van der Waals surface area contributed by atoms with Crippen molar-refractivity contribution in [3.05, 3.63) is 81.5 Å². The molecule has 4 rings (SSSR count). The molecule has 0 fully saturated rings. The number of thiophene rings is 1. The van der Waals surface area contributed by atoms with Gasteiger partial charge in [-0.1, -0.05) is 53.8 Å². The standard InChI is InChI=1S/C22H20N2OS2/c1-15-11-16(2)21-19(12-15)27-22(23-21)24(14-17-7-4-3-5-8-17)20(25)13-18-9-6-10-26-18/h3-12H,13-14H2,1-2H3. The van der Waals surface area contributed by atoms with E-state index in [1.54, 1.807) is 22.7 Å². The lowest BCUT2D eigenvalue weighted by molar-refractivity contribution is -0.118. The highest BCUT2D eigenvalue weighted by molar-refractivity contribution is 7.22. The Balaban J connectivity index is 1.72. The van der Waals surface area contributed by atoms with E-state index in [9.17, 15) is 4.79 Å². The van der Waals surface area contributed by atoms with Crippen molar-refractivity contribution in [3.63, 3.8) is 0 Å². The lowest BCUT2D eigenvalue weighted by Gasteiger charge is -2.19. The first-order chi connectivity index (χ1) is 13.1. The van der Waals surface area contributed by atoms with Crippen molar-refractivity contribution in [1.82, 2.24) is 4.98 Å². The predicted molar refractivity (Wildman–Crippen MR) is 115 cm³/mol. The maximum Gasteiger partial charge on any atom is 0.234 e. The lowest BCUT2D eigenvalue weighted by Crippen LogP contribution is -2.31. The minimum absolute atomic E-state index is 0.0785. The van der Waals surface area contributed by atoms with Gasteiger partial charge in [0.05, 0.1) is 23.2 Å². The number of amides is 1. The number of carbonyl (C=O) groups excluding carboxylic acids is 1. The molecule has 0 unspecified atom stereocenters.